The molecule has 0 bridgehead atoms. The van der Waals surface area contributed by atoms with Gasteiger partial charge in [0.2, 0.25) is 0 Å². The third-order valence-corrected chi connectivity index (χ3v) is 5.16. The molecule has 0 N–H and O–H groups in total. The van der Waals surface area contributed by atoms with Crippen LogP contribution >= 0.6 is 12.0 Å². The number of aliphatic imine (C=N–C) groups is 1. The van der Waals surface area contributed by atoms with Crippen LogP contribution in [0.1, 0.15) is 51.5 Å². The topological polar surface area (TPSA) is 80.2 Å². The van der Waals surface area contributed by atoms with Crippen LogP contribution in [-0.4, -0.2) is 18.8 Å². The van der Waals surface area contributed by atoms with E-state index in [0.717, 1.165) is 59.6 Å². The zero-order valence-corrected chi connectivity index (χ0v) is 15.0. The molecule has 0 aromatic heterocycles. The Balaban J connectivity index is 1.99. The van der Waals surface area contributed by atoms with Crippen LogP contribution in [0.4, 0.5) is 5.69 Å². The Morgan fingerprint density at radius 3 is 2.83 bits per heavy atom. The molecule has 0 saturated heterocycles. The van der Waals surface area contributed by atoms with E-state index in [9.17, 15) is 10.1 Å². The number of benzene rings is 1. The second kappa shape index (κ2) is 8.62. The van der Waals surface area contributed by atoms with E-state index < -0.39 is 0 Å². The van der Waals surface area contributed by atoms with E-state index in [1.165, 1.54) is 7.11 Å². The van der Waals surface area contributed by atoms with Gasteiger partial charge in [-0.05, 0) is 43.5 Å². The smallest absolute Gasteiger partial charge is 0.305 e. The molecular formula is C17H22NO5S-. The molecule has 1 unspecified atom stereocenters. The van der Waals surface area contributed by atoms with Gasteiger partial charge in [0.25, 0.3) is 0 Å². The summed E-state index contributed by atoms with van der Waals surface area (Å²) in [5, 5.41) is 13.4. The maximum atomic E-state index is 11.1. The van der Waals surface area contributed by atoms with Crippen molar-refractivity contribution in [1.82, 2.24) is 0 Å². The summed E-state index contributed by atoms with van der Waals surface area (Å²) < 4.78 is 9.05. The minimum Gasteiger partial charge on any atom is -0.691 e. The second-order valence-electron chi connectivity index (χ2n) is 6.06. The van der Waals surface area contributed by atoms with Crippen LogP contribution in [0, 0.1) is 0 Å². The van der Waals surface area contributed by atoms with E-state index in [-0.39, 0.29) is 11.4 Å². The van der Waals surface area contributed by atoms with Gasteiger partial charge in [-0.15, -0.1) is 0 Å². The number of hydrogen-bond donors (Lipinski definition) is 0. The number of nitrogens with zero attached hydrogens (tertiary/aromatic N) is 1. The molecule has 0 aliphatic carbocycles. The lowest BCUT2D eigenvalue weighted by Gasteiger charge is -2.26. The summed E-state index contributed by atoms with van der Waals surface area (Å²) in [6, 6.07) is 5.77. The van der Waals surface area contributed by atoms with Crippen LogP contribution in [0.5, 0.6) is 0 Å². The molecule has 1 aliphatic rings. The number of unbranched alkanes of at least 4 members (excludes halogenated alkanes) is 2. The lowest BCUT2D eigenvalue weighted by Crippen LogP contribution is -2.27. The molecule has 1 aromatic carbocycles. The van der Waals surface area contributed by atoms with Gasteiger partial charge in [-0.3, -0.25) is 14.8 Å². The van der Waals surface area contributed by atoms with E-state index in [4.69, 9.17) is 0 Å². The maximum Gasteiger partial charge on any atom is 0.305 e. The summed E-state index contributed by atoms with van der Waals surface area (Å²) in [6.45, 7) is 4.22. The molecule has 6 nitrogen and oxygen atoms in total. The first-order chi connectivity index (χ1) is 11.5. The van der Waals surface area contributed by atoms with Crippen LogP contribution in [0.15, 0.2) is 28.1 Å². The fourth-order valence-corrected chi connectivity index (χ4v) is 3.40. The van der Waals surface area contributed by atoms with Gasteiger partial charge in [0.1, 0.15) is 0 Å². The fourth-order valence-electron chi connectivity index (χ4n) is 3.00. The van der Waals surface area contributed by atoms with Crippen LogP contribution in [0.3, 0.4) is 0 Å². The highest BCUT2D eigenvalue weighted by Gasteiger charge is 2.36. The predicted molar refractivity (Wildman–Crippen MR) is 89.7 cm³/mol. The van der Waals surface area contributed by atoms with Crippen molar-refractivity contribution in [2.75, 3.05) is 7.11 Å². The zero-order valence-electron chi connectivity index (χ0n) is 14.2. The van der Waals surface area contributed by atoms with Crippen LogP contribution < -0.4 is 5.26 Å². The van der Waals surface area contributed by atoms with Crippen molar-refractivity contribution in [3.63, 3.8) is 0 Å². The quantitative estimate of drug-likeness (QED) is 0.223. The van der Waals surface area contributed by atoms with Gasteiger partial charge in [0.15, 0.2) is 0 Å². The van der Waals surface area contributed by atoms with Gasteiger partial charge in [-0.25, -0.2) is 0 Å². The van der Waals surface area contributed by atoms with E-state index in [0.29, 0.717) is 6.42 Å². The molecule has 0 radical (unpaired) electrons. The third kappa shape index (κ3) is 4.36. The number of ether oxygens (including phenoxy) is 1. The van der Waals surface area contributed by atoms with Gasteiger partial charge >= 0.3 is 5.97 Å². The van der Waals surface area contributed by atoms with Crippen molar-refractivity contribution in [2.45, 2.75) is 56.3 Å². The number of hydrogen-bond acceptors (Lipinski definition) is 7. The number of rotatable bonds is 9. The molecule has 0 fully saturated rings. The molecule has 0 saturated carbocycles. The Bertz CT molecular complexity index is 619. The monoisotopic (exact) mass is 352 g/mol. The first-order valence-corrected chi connectivity index (χ1v) is 8.65. The fraction of sp³-hybridized carbons (Fsp3) is 0.529. The summed E-state index contributed by atoms with van der Waals surface area (Å²) in [7, 11) is 1.41. The average Bonchev–Trinajstić information content (AvgIpc) is 2.83. The Labute approximate surface area is 146 Å². The summed E-state index contributed by atoms with van der Waals surface area (Å²) in [5.74, 6) is -0.160. The van der Waals surface area contributed by atoms with Crippen LogP contribution in [0.25, 0.3) is 0 Å². The van der Waals surface area contributed by atoms with Gasteiger partial charge in [0, 0.05) is 22.4 Å². The first kappa shape index (κ1) is 18.9. The van der Waals surface area contributed by atoms with Crippen molar-refractivity contribution in [3.05, 3.63) is 23.8 Å². The number of methoxy groups -OCH3 is 1. The number of carbonyl (C=O) groups is 1. The predicted octanol–water partition coefficient (Wildman–Crippen LogP) is 3.40. The Hall–Kier alpha value is -1.41. The number of carbonyl (C=O) groups excluding carboxylic acids is 1. The second-order valence-corrected chi connectivity index (χ2v) is 6.84. The Morgan fingerprint density at radius 1 is 1.33 bits per heavy atom. The average molecular weight is 352 g/mol. The molecular weight excluding hydrogens is 330 g/mol. The largest absolute Gasteiger partial charge is 0.691 e. The summed E-state index contributed by atoms with van der Waals surface area (Å²) in [6.07, 6.45) is 4.20. The van der Waals surface area contributed by atoms with Crippen molar-refractivity contribution >= 4 is 29.4 Å². The molecule has 7 heteroatoms. The van der Waals surface area contributed by atoms with Crippen molar-refractivity contribution in [2.24, 2.45) is 4.99 Å². The normalized spacial score (nSPS) is 19.1. The van der Waals surface area contributed by atoms with Gasteiger partial charge in [-0.2, -0.15) is 4.33 Å². The van der Waals surface area contributed by atoms with E-state index in [1.807, 2.05) is 25.1 Å². The lowest BCUT2D eigenvalue weighted by molar-refractivity contribution is -0.777. The van der Waals surface area contributed by atoms with Gasteiger partial charge < -0.3 is 9.99 Å². The van der Waals surface area contributed by atoms with Crippen molar-refractivity contribution in [1.29, 1.82) is 0 Å². The Morgan fingerprint density at radius 2 is 2.12 bits per heavy atom. The highest BCUT2D eigenvalue weighted by Crippen LogP contribution is 2.44. The molecule has 2 rings (SSSR count). The van der Waals surface area contributed by atoms with E-state index >= 15 is 0 Å². The molecule has 1 atom stereocenters. The molecule has 1 aromatic rings. The van der Waals surface area contributed by atoms with E-state index in [1.54, 1.807) is 0 Å². The number of esters is 1. The minimum absolute atomic E-state index is 0.143. The molecule has 0 spiro atoms. The first-order valence-electron chi connectivity index (χ1n) is 7.91. The summed E-state index contributed by atoms with van der Waals surface area (Å²) in [5.41, 5.74) is 3.02. The summed E-state index contributed by atoms with van der Waals surface area (Å²) in [4.78, 5) is 16.6. The molecule has 132 valence electrons. The summed E-state index contributed by atoms with van der Waals surface area (Å²) >= 11 is 0.889. The van der Waals surface area contributed by atoms with E-state index in [2.05, 4.69) is 26.0 Å². The van der Waals surface area contributed by atoms with Gasteiger partial charge in [0.05, 0.1) is 24.8 Å². The van der Waals surface area contributed by atoms with Gasteiger partial charge in [-0.1, -0.05) is 19.8 Å². The zero-order chi connectivity index (χ0) is 17.6. The molecule has 1 heterocycles. The highest BCUT2D eigenvalue weighted by molar-refractivity contribution is 7.94. The lowest BCUT2D eigenvalue weighted by atomic mass is 9.76. The minimum atomic E-state index is -0.160. The van der Waals surface area contributed by atoms with Crippen LogP contribution in [0.2, 0.25) is 0 Å². The maximum absolute atomic E-state index is 11.1. The standard InChI is InChI=1S/C17H23NO5S/c1-12-17(2,10-6-4-5-7-16(19)21-3)14-11-13(24-23-22-20)8-9-15(14)18-12/h8-9,11,20H,4-7,10H2,1-3H3/p-1. The molecule has 0 amide bonds. The molecule has 24 heavy (non-hydrogen) atoms. The highest BCUT2D eigenvalue weighted by atomic mass is 32.2. The SMILES string of the molecule is COC(=O)CCCCCC1(C)C(C)=Nc2ccc(SOO[O-])cc21. The van der Waals surface area contributed by atoms with Crippen molar-refractivity contribution in [3.8, 4) is 0 Å². The van der Waals surface area contributed by atoms with Crippen molar-refractivity contribution < 1.29 is 24.2 Å². The third-order valence-electron chi connectivity index (χ3n) is 4.59. The van der Waals surface area contributed by atoms with Crippen LogP contribution in [-0.2, 0) is 24.3 Å². The number of fused-ring (bicyclic) bond motifs is 1. The molecule has 1 aliphatic heterocycles. The Kier molecular flexibility index (Phi) is 6.79.